The van der Waals surface area contributed by atoms with Crippen LogP contribution in [0.3, 0.4) is 0 Å². The number of nitrogens with one attached hydrogen (secondary N) is 1. The molecular formula is C17H20N4O2. The smallest absolute Gasteiger partial charge is 0.328 e. The second kappa shape index (κ2) is 6.64. The van der Waals surface area contributed by atoms with Crippen LogP contribution in [0.4, 0.5) is 0 Å². The number of hydrogen-bond donors (Lipinski definition) is 1. The molecule has 0 spiro atoms. The summed E-state index contributed by atoms with van der Waals surface area (Å²) < 4.78 is 3.33. The third-order valence-corrected chi connectivity index (χ3v) is 3.99. The zero-order valence-electron chi connectivity index (χ0n) is 13.2. The molecule has 1 N–H and O–H groups in total. The molecule has 6 heteroatoms. The largest absolute Gasteiger partial charge is 0.337 e. The Morgan fingerprint density at radius 3 is 2.74 bits per heavy atom. The Hall–Kier alpha value is -2.63. The highest BCUT2D eigenvalue weighted by atomic mass is 16.2. The Morgan fingerprint density at radius 2 is 1.96 bits per heavy atom. The molecule has 0 radical (unpaired) electrons. The van der Waals surface area contributed by atoms with Gasteiger partial charge in [-0.15, -0.1) is 0 Å². The summed E-state index contributed by atoms with van der Waals surface area (Å²) in [5.41, 5.74) is 1.07. The average molecular weight is 312 g/mol. The van der Waals surface area contributed by atoms with Crippen LogP contribution >= 0.6 is 0 Å². The lowest BCUT2D eigenvalue weighted by Crippen LogP contribution is -2.35. The predicted molar refractivity (Wildman–Crippen MR) is 89.6 cm³/mol. The van der Waals surface area contributed by atoms with Gasteiger partial charge in [0.1, 0.15) is 0 Å². The lowest BCUT2D eigenvalue weighted by Gasteiger charge is -2.07. The van der Waals surface area contributed by atoms with Crippen molar-refractivity contribution in [3.05, 3.63) is 63.3 Å². The van der Waals surface area contributed by atoms with Crippen LogP contribution in [0.1, 0.15) is 24.8 Å². The molecule has 0 aliphatic heterocycles. The van der Waals surface area contributed by atoms with E-state index in [0.717, 1.165) is 31.4 Å². The van der Waals surface area contributed by atoms with E-state index in [1.54, 1.807) is 18.6 Å². The standard InChI is InChI=1S/C17H20N4O2/c1-13-5-6-15-14(11-13)16(22)21(17(23)19-15)9-4-2-3-8-20-10-7-18-12-20/h5-7,10-12H,2-4,8-9H2,1H3,(H,19,23). The van der Waals surface area contributed by atoms with Gasteiger partial charge in [0.2, 0.25) is 0 Å². The van der Waals surface area contributed by atoms with Gasteiger partial charge in [-0.05, 0) is 38.3 Å². The lowest BCUT2D eigenvalue weighted by atomic mass is 10.1. The zero-order valence-corrected chi connectivity index (χ0v) is 13.2. The number of aryl methyl sites for hydroxylation is 2. The summed E-state index contributed by atoms with van der Waals surface area (Å²) in [5, 5.41) is 0.572. The second-order valence-corrected chi connectivity index (χ2v) is 5.80. The van der Waals surface area contributed by atoms with Gasteiger partial charge in [0.15, 0.2) is 0 Å². The lowest BCUT2D eigenvalue weighted by molar-refractivity contribution is 0.528. The predicted octanol–water partition coefficient (Wildman–Crippen LogP) is 2.07. The fraction of sp³-hybridized carbons (Fsp3) is 0.353. The molecule has 0 aliphatic rings. The highest BCUT2D eigenvalue weighted by molar-refractivity contribution is 5.77. The SMILES string of the molecule is Cc1ccc2[nH]c(=O)n(CCCCCn3ccnc3)c(=O)c2c1. The molecule has 120 valence electrons. The minimum Gasteiger partial charge on any atom is -0.337 e. The molecule has 0 atom stereocenters. The van der Waals surface area contributed by atoms with Crippen LogP contribution in [0, 0.1) is 6.92 Å². The molecule has 0 fully saturated rings. The minimum absolute atomic E-state index is 0.206. The summed E-state index contributed by atoms with van der Waals surface area (Å²) in [5.74, 6) is 0. The monoisotopic (exact) mass is 312 g/mol. The zero-order chi connectivity index (χ0) is 16.2. The van der Waals surface area contributed by atoms with Crippen LogP contribution < -0.4 is 11.2 Å². The van der Waals surface area contributed by atoms with E-state index in [1.165, 1.54) is 4.57 Å². The van der Waals surface area contributed by atoms with Crippen LogP contribution in [0.5, 0.6) is 0 Å². The van der Waals surface area contributed by atoms with Crippen LogP contribution in [0.15, 0.2) is 46.5 Å². The second-order valence-electron chi connectivity index (χ2n) is 5.80. The molecule has 2 aromatic heterocycles. The number of rotatable bonds is 6. The highest BCUT2D eigenvalue weighted by Crippen LogP contribution is 2.08. The van der Waals surface area contributed by atoms with E-state index >= 15 is 0 Å². The van der Waals surface area contributed by atoms with Crippen LogP contribution in [-0.2, 0) is 13.1 Å². The molecule has 2 heterocycles. The van der Waals surface area contributed by atoms with Gasteiger partial charge in [-0.3, -0.25) is 9.36 Å². The van der Waals surface area contributed by atoms with Gasteiger partial charge < -0.3 is 9.55 Å². The first-order valence-corrected chi connectivity index (χ1v) is 7.84. The normalized spacial score (nSPS) is 11.2. The van der Waals surface area contributed by atoms with Crippen molar-refractivity contribution in [1.29, 1.82) is 0 Å². The van der Waals surface area contributed by atoms with E-state index < -0.39 is 0 Å². The molecule has 0 unspecified atom stereocenters. The van der Waals surface area contributed by atoms with Gasteiger partial charge in [0, 0.05) is 25.5 Å². The molecule has 23 heavy (non-hydrogen) atoms. The van der Waals surface area contributed by atoms with Crippen molar-refractivity contribution in [3.8, 4) is 0 Å². The molecular weight excluding hydrogens is 292 g/mol. The number of fused-ring (bicyclic) bond motifs is 1. The van der Waals surface area contributed by atoms with Crippen LogP contribution in [-0.4, -0.2) is 19.1 Å². The number of aromatic amines is 1. The Morgan fingerprint density at radius 1 is 1.13 bits per heavy atom. The summed E-state index contributed by atoms with van der Waals surface area (Å²) in [7, 11) is 0. The number of nitrogens with zero attached hydrogens (tertiary/aromatic N) is 3. The number of benzene rings is 1. The summed E-state index contributed by atoms with van der Waals surface area (Å²) in [6.45, 7) is 3.29. The van der Waals surface area contributed by atoms with Gasteiger partial charge >= 0.3 is 5.69 Å². The average Bonchev–Trinajstić information content (AvgIpc) is 3.04. The van der Waals surface area contributed by atoms with Crippen LogP contribution in [0.25, 0.3) is 10.9 Å². The van der Waals surface area contributed by atoms with Gasteiger partial charge in [-0.2, -0.15) is 0 Å². The molecule has 0 bridgehead atoms. The molecule has 1 aromatic carbocycles. The molecule has 0 saturated carbocycles. The highest BCUT2D eigenvalue weighted by Gasteiger charge is 2.07. The van der Waals surface area contributed by atoms with Crippen molar-refractivity contribution < 1.29 is 0 Å². The van der Waals surface area contributed by atoms with E-state index in [4.69, 9.17) is 0 Å². The van der Waals surface area contributed by atoms with Gasteiger partial charge in [-0.25, -0.2) is 9.78 Å². The number of H-pyrrole nitrogens is 1. The van der Waals surface area contributed by atoms with Crippen molar-refractivity contribution in [2.24, 2.45) is 0 Å². The summed E-state index contributed by atoms with van der Waals surface area (Å²) in [4.78, 5) is 31.4. The number of aromatic nitrogens is 4. The van der Waals surface area contributed by atoms with Crippen molar-refractivity contribution in [2.75, 3.05) is 0 Å². The quantitative estimate of drug-likeness (QED) is 0.708. The van der Waals surface area contributed by atoms with Crippen molar-refractivity contribution in [2.45, 2.75) is 39.3 Å². The van der Waals surface area contributed by atoms with Gasteiger partial charge in [0.25, 0.3) is 5.56 Å². The Balaban J connectivity index is 1.68. The first-order valence-electron chi connectivity index (χ1n) is 7.84. The molecule has 6 nitrogen and oxygen atoms in total. The molecule has 0 amide bonds. The van der Waals surface area contributed by atoms with E-state index in [9.17, 15) is 9.59 Å². The van der Waals surface area contributed by atoms with E-state index in [1.807, 2.05) is 29.8 Å². The van der Waals surface area contributed by atoms with E-state index in [2.05, 4.69) is 9.97 Å². The van der Waals surface area contributed by atoms with Crippen molar-refractivity contribution in [1.82, 2.24) is 19.1 Å². The molecule has 0 saturated heterocycles. The van der Waals surface area contributed by atoms with Gasteiger partial charge in [-0.1, -0.05) is 11.6 Å². The third kappa shape index (κ3) is 3.41. The number of imidazole rings is 1. The fourth-order valence-electron chi connectivity index (χ4n) is 2.73. The summed E-state index contributed by atoms with van der Waals surface area (Å²) in [6.07, 6.45) is 8.23. The topological polar surface area (TPSA) is 72.7 Å². The first kappa shape index (κ1) is 15.3. The molecule has 0 aliphatic carbocycles. The Kier molecular flexibility index (Phi) is 4.41. The van der Waals surface area contributed by atoms with Crippen molar-refractivity contribution >= 4 is 10.9 Å². The molecule has 3 aromatic rings. The maximum Gasteiger partial charge on any atom is 0.328 e. The maximum atomic E-state index is 12.5. The van der Waals surface area contributed by atoms with Crippen molar-refractivity contribution in [3.63, 3.8) is 0 Å². The maximum absolute atomic E-state index is 12.5. The van der Waals surface area contributed by atoms with E-state index in [-0.39, 0.29) is 11.2 Å². The summed E-state index contributed by atoms with van der Waals surface area (Å²) >= 11 is 0. The fourth-order valence-corrected chi connectivity index (χ4v) is 2.73. The number of hydrogen-bond acceptors (Lipinski definition) is 3. The Labute approximate surface area is 133 Å². The van der Waals surface area contributed by atoms with E-state index in [0.29, 0.717) is 17.4 Å². The Bertz CT molecular complexity index is 906. The summed E-state index contributed by atoms with van der Waals surface area (Å²) in [6, 6.07) is 5.49. The number of unbranched alkanes of at least 4 members (excludes halogenated alkanes) is 2. The first-order chi connectivity index (χ1) is 11.1. The minimum atomic E-state index is -0.332. The third-order valence-electron chi connectivity index (χ3n) is 3.99. The molecule has 3 rings (SSSR count). The van der Waals surface area contributed by atoms with Crippen LogP contribution in [0.2, 0.25) is 0 Å². The van der Waals surface area contributed by atoms with Gasteiger partial charge in [0.05, 0.1) is 17.2 Å².